The van der Waals surface area contributed by atoms with E-state index in [0.29, 0.717) is 49.3 Å². The Bertz CT molecular complexity index is 1260. The summed E-state index contributed by atoms with van der Waals surface area (Å²) >= 11 is 0. The molecule has 5 rings (SSSR count). The molecule has 2 aliphatic rings. The highest BCUT2D eigenvalue weighted by Crippen LogP contribution is 2.32. The van der Waals surface area contributed by atoms with Gasteiger partial charge in [-0.25, -0.2) is 18.7 Å². The molecule has 1 amide bonds. The van der Waals surface area contributed by atoms with Crippen molar-refractivity contribution in [3.8, 4) is 0 Å². The number of alkyl halides is 2. The lowest BCUT2D eigenvalue weighted by Gasteiger charge is -2.32. The van der Waals surface area contributed by atoms with Crippen LogP contribution in [0.1, 0.15) is 36.6 Å². The molecule has 0 unspecified atom stereocenters. The predicted octanol–water partition coefficient (Wildman–Crippen LogP) is 3.16. The highest BCUT2D eigenvalue weighted by molar-refractivity contribution is 7.59. The smallest absolute Gasteiger partial charge is 0.251 e. The number of aryl methyl sites for hydroxylation is 1. The number of carbonyl (C=O) groups excluding carboxylic acids is 1. The molecular weight excluding hydrogens is 500 g/mol. The van der Waals surface area contributed by atoms with Crippen LogP contribution in [0.4, 0.5) is 32.1 Å². The van der Waals surface area contributed by atoms with Crippen LogP contribution >= 0.6 is 13.5 Å². The second-order valence-corrected chi connectivity index (χ2v) is 9.37. The monoisotopic (exact) mass is 531 g/mol. The molecule has 5 heterocycles. The van der Waals surface area contributed by atoms with E-state index in [1.807, 2.05) is 53.7 Å². The van der Waals surface area contributed by atoms with Gasteiger partial charge in [-0.3, -0.25) is 9.48 Å². The summed E-state index contributed by atoms with van der Waals surface area (Å²) in [6.07, 6.45) is 5.21. The molecule has 2 N–H and O–H groups in total. The molecule has 0 spiro atoms. The van der Waals surface area contributed by atoms with Gasteiger partial charge in [-0.15, -0.1) is 0 Å². The number of nitrogens with one attached hydrogen (secondary N) is 2. The van der Waals surface area contributed by atoms with Crippen LogP contribution in [-0.4, -0.2) is 62.7 Å². The molecule has 0 bridgehead atoms. The number of piperidine rings is 1. The van der Waals surface area contributed by atoms with Gasteiger partial charge in [0.05, 0.1) is 18.4 Å². The Labute approximate surface area is 220 Å². The molecule has 1 saturated heterocycles. The number of fused-ring (bicyclic) bond motifs is 1. The first-order chi connectivity index (χ1) is 17.2. The van der Waals surface area contributed by atoms with Crippen molar-refractivity contribution in [3.05, 3.63) is 47.5 Å². The summed E-state index contributed by atoms with van der Waals surface area (Å²) in [5, 5.41) is 10.5. The summed E-state index contributed by atoms with van der Waals surface area (Å²) in [5.74, 6) is -0.766. The summed E-state index contributed by atoms with van der Waals surface area (Å²) in [5.41, 5.74) is 3.26. The molecule has 1 fully saturated rings. The normalized spacial score (nSPS) is 18.6. The number of nitrogens with zero attached hydrogens (tertiary/aromatic N) is 7. The van der Waals surface area contributed by atoms with Crippen LogP contribution in [0.5, 0.6) is 0 Å². The van der Waals surface area contributed by atoms with Crippen molar-refractivity contribution in [2.75, 3.05) is 40.6 Å². The van der Waals surface area contributed by atoms with Crippen LogP contribution < -0.4 is 20.4 Å². The number of carbonyl (C=O) groups is 1. The average molecular weight is 532 g/mol. The van der Waals surface area contributed by atoms with E-state index in [1.54, 1.807) is 12.4 Å². The van der Waals surface area contributed by atoms with E-state index in [-0.39, 0.29) is 38.3 Å². The molecular formula is C24H31F2N9OS. The first-order valence-corrected chi connectivity index (χ1v) is 11.9. The zero-order valence-corrected chi connectivity index (χ0v) is 22.0. The number of hydrogen-bond donors (Lipinski definition) is 2. The summed E-state index contributed by atoms with van der Waals surface area (Å²) < 4.78 is 28.6. The standard InChI is InChI=1S/C24H29F2N9O.H2S/c1-15-20-21(33(3)16(2)22(36)31-20)32-23(30-15)28-11-18-12-29-35(14-18)13-17-4-5-19(27-10-17)34-8-6-24(25,26)7-9-34;/h4-5,10,12,14,16H,6-9,11,13H2,1-3H3,(H,31,36)(H,28,30,32);1H2/t16-;/m0./s1. The van der Waals surface area contributed by atoms with Crippen molar-refractivity contribution in [1.29, 1.82) is 0 Å². The fraction of sp³-hybridized carbons (Fsp3) is 0.458. The number of hydrogen-bond acceptors (Lipinski definition) is 8. The lowest BCUT2D eigenvalue weighted by Crippen LogP contribution is -2.44. The summed E-state index contributed by atoms with van der Waals surface area (Å²) in [4.78, 5) is 29.4. The highest BCUT2D eigenvalue weighted by Gasteiger charge is 2.34. The third-order valence-corrected chi connectivity index (χ3v) is 6.72. The molecule has 13 heteroatoms. The fourth-order valence-corrected chi connectivity index (χ4v) is 4.34. The zero-order chi connectivity index (χ0) is 25.4. The van der Waals surface area contributed by atoms with E-state index in [9.17, 15) is 13.6 Å². The van der Waals surface area contributed by atoms with Crippen molar-refractivity contribution < 1.29 is 13.6 Å². The predicted molar refractivity (Wildman–Crippen MR) is 143 cm³/mol. The van der Waals surface area contributed by atoms with E-state index in [0.717, 1.165) is 16.9 Å². The lowest BCUT2D eigenvalue weighted by atomic mass is 10.1. The van der Waals surface area contributed by atoms with Crippen molar-refractivity contribution >= 4 is 42.7 Å². The molecule has 198 valence electrons. The van der Waals surface area contributed by atoms with Crippen molar-refractivity contribution in [2.45, 2.75) is 51.7 Å². The van der Waals surface area contributed by atoms with Crippen LogP contribution in [0, 0.1) is 6.92 Å². The minimum absolute atomic E-state index is 0. The SMILES string of the molecule is Cc1nc(NCc2cnn(Cc3ccc(N4CCC(F)(F)CC4)nc3)c2)nc2c1NC(=O)[C@H](C)N2C.S. The molecule has 0 saturated carbocycles. The summed E-state index contributed by atoms with van der Waals surface area (Å²) in [6.45, 7) is 5.32. The van der Waals surface area contributed by atoms with Crippen LogP contribution in [-0.2, 0) is 17.9 Å². The van der Waals surface area contributed by atoms with Crippen LogP contribution in [0.25, 0.3) is 0 Å². The Morgan fingerprint density at radius 3 is 2.62 bits per heavy atom. The molecule has 0 aliphatic carbocycles. The Morgan fingerprint density at radius 1 is 1.16 bits per heavy atom. The van der Waals surface area contributed by atoms with Gasteiger partial charge in [0.25, 0.3) is 5.92 Å². The van der Waals surface area contributed by atoms with Crippen molar-refractivity contribution in [3.63, 3.8) is 0 Å². The minimum Gasteiger partial charge on any atom is -0.356 e. The van der Waals surface area contributed by atoms with Gasteiger partial charge in [-0.05, 0) is 25.5 Å². The summed E-state index contributed by atoms with van der Waals surface area (Å²) in [7, 11) is 1.84. The van der Waals surface area contributed by atoms with Gasteiger partial charge in [0, 0.05) is 57.5 Å². The first-order valence-electron chi connectivity index (χ1n) is 11.9. The Kier molecular flexibility index (Phi) is 7.53. The Balaban J connectivity index is 0.00000320. The van der Waals surface area contributed by atoms with E-state index in [2.05, 4.69) is 30.7 Å². The van der Waals surface area contributed by atoms with Gasteiger partial charge in [0.1, 0.15) is 17.5 Å². The molecule has 3 aromatic rings. The maximum absolute atomic E-state index is 13.4. The van der Waals surface area contributed by atoms with Gasteiger partial charge < -0.3 is 20.4 Å². The van der Waals surface area contributed by atoms with Gasteiger partial charge >= 0.3 is 0 Å². The lowest BCUT2D eigenvalue weighted by molar-refractivity contribution is -0.117. The highest BCUT2D eigenvalue weighted by atomic mass is 32.1. The second-order valence-electron chi connectivity index (χ2n) is 9.37. The second kappa shape index (κ2) is 10.5. The topological polar surface area (TPSA) is 104 Å². The fourth-order valence-electron chi connectivity index (χ4n) is 4.34. The van der Waals surface area contributed by atoms with E-state index >= 15 is 0 Å². The molecule has 2 aliphatic heterocycles. The number of aromatic nitrogens is 5. The van der Waals surface area contributed by atoms with Gasteiger partial charge in [-0.2, -0.15) is 23.6 Å². The maximum Gasteiger partial charge on any atom is 0.251 e. The van der Waals surface area contributed by atoms with Gasteiger partial charge in [-0.1, -0.05) is 6.07 Å². The Hall–Kier alpha value is -3.48. The molecule has 1 atom stereocenters. The molecule has 0 aromatic carbocycles. The van der Waals surface area contributed by atoms with Gasteiger partial charge in [0.15, 0.2) is 5.82 Å². The number of rotatable bonds is 6. The maximum atomic E-state index is 13.4. The van der Waals surface area contributed by atoms with E-state index in [4.69, 9.17) is 0 Å². The third-order valence-electron chi connectivity index (χ3n) is 6.72. The first kappa shape index (κ1) is 26.6. The van der Waals surface area contributed by atoms with Gasteiger partial charge in [0.2, 0.25) is 11.9 Å². The van der Waals surface area contributed by atoms with Crippen LogP contribution in [0.3, 0.4) is 0 Å². The van der Waals surface area contributed by atoms with Crippen LogP contribution in [0.15, 0.2) is 30.7 Å². The quantitative estimate of drug-likeness (QED) is 0.500. The molecule has 10 nitrogen and oxygen atoms in total. The van der Waals surface area contributed by atoms with Crippen molar-refractivity contribution in [2.24, 2.45) is 0 Å². The van der Waals surface area contributed by atoms with E-state index < -0.39 is 5.92 Å². The number of halogens is 2. The number of amides is 1. The number of pyridine rings is 1. The largest absolute Gasteiger partial charge is 0.356 e. The minimum atomic E-state index is -2.57. The molecule has 37 heavy (non-hydrogen) atoms. The Morgan fingerprint density at radius 2 is 1.92 bits per heavy atom. The van der Waals surface area contributed by atoms with Crippen LogP contribution in [0.2, 0.25) is 0 Å². The average Bonchev–Trinajstić information content (AvgIpc) is 3.30. The number of likely N-dealkylation sites (N-methyl/N-ethyl adjacent to an activating group) is 1. The molecule has 0 radical (unpaired) electrons. The number of anilines is 4. The third kappa shape index (κ3) is 5.76. The van der Waals surface area contributed by atoms with Crippen molar-refractivity contribution in [1.82, 2.24) is 24.7 Å². The summed E-state index contributed by atoms with van der Waals surface area (Å²) in [6, 6.07) is 3.52. The molecule has 3 aromatic heterocycles. The zero-order valence-electron chi connectivity index (χ0n) is 21.0. The van der Waals surface area contributed by atoms with E-state index in [1.165, 1.54) is 0 Å².